The molecule has 0 saturated carbocycles. The van der Waals surface area contributed by atoms with Gasteiger partial charge in [-0.15, -0.1) is 0 Å². The molecule has 1 aliphatic heterocycles. The molecule has 0 aromatic heterocycles. The van der Waals surface area contributed by atoms with Gasteiger partial charge < -0.3 is 15.0 Å². The van der Waals surface area contributed by atoms with E-state index >= 15 is 0 Å². The molecule has 1 rings (SSSR count). The lowest BCUT2D eigenvalue weighted by atomic mass is 10.2. The van der Waals surface area contributed by atoms with Crippen molar-refractivity contribution in [3.63, 3.8) is 0 Å². The van der Waals surface area contributed by atoms with Crippen LogP contribution in [0.2, 0.25) is 0 Å². The van der Waals surface area contributed by atoms with Crippen LogP contribution in [-0.4, -0.2) is 49.2 Å². The van der Waals surface area contributed by atoms with Crippen LogP contribution in [0, 0.1) is 0 Å². The fourth-order valence-electron chi connectivity index (χ4n) is 1.81. The third-order valence-corrected chi connectivity index (χ3v) is 2.95. The minimum Gasteiger partial charge on any atom is -0.366 e. The van der Waals surface area contributed by atoms with E-state index in [4.69, 9.17) is 4.74 Å². The number of nitrogens with one attached hydrogen (secondary N) is 1. The van der Waals surface area contributed by atoms with Crippen molar-refractivity contribution < 1.29 is 9.53 Å². The SMILES string of the molecule is CCC(C)N(CC)C(=O)C1CNCCO1. The van der Waals surface area contributed by atoms with E-state index in [-0.39, 0.29) is 12.0 Å². The van der Waals surface area contributed by atoms with Crippen LogP contribution in [0.3, 0.4) is 0 Å². The number of rotatable bonds is 4. The van der Waals surface area contributed by atoms with E-state index in [9.17, 15) is 4.79 Å². The van der Waals surface area contributed by atoms with Crippen molar-refractivity contribution in [2.45, 2.75) is 39.3 Å². The predicted molar refractivity (Wildman–Crippen MR) is 59.7 cm³/mol. The topological polar surface area (TPSA) is 41.6 Å². The van der Waals surface area contributed by atoms with Crippen LogP contribution in [0.4, 0.5) is 0 Å². The molecule has 4 nitrogen and oxygen atoms in total. The number of hydrogen-bond acceptors (Lipinski definition) is 3. The number of morpholine rings is 1. The second-order valence-electron chi connectivity index (χ2n) is 3.95. The van der Waals surface area contributed by atoms with E-state index in [0.717, 1.165) is 19.5 Å². The lowest BCUT2D eigenvalue weighted by molar-refractivity contribution is -0.147. The third kappa shape index (κ3) is 3.18. The average Bonchev–Trinajstić information content (AvgIpc) is 2.30. The Morgan fingerprint density at radius 2 is 2.33 bits per heavy atom. The first-order valence-corrected chi connectivity index (χ1v) is 5.83. The first-order chi connectivity index (χ1) is 7.20. The summed E-state index contributed by atoms with van der Waals surface area (Å²) in [6.45, 7) is 9.08. The molecule has 1 aliphatic rings. The summed E-state index contributed by atoms with van der Waals surface area (Å²) in [4.78, 5) is 14.0. The molecular weight excluding hydrogens is 192 g/mol. The number of carbonyl (C=O) groups is 1. The zero-order chi connectivity index (χ0) is 11.3. The molecule has 0 spiro atoms. The zero-order valence-corrected chi connectivity index (χ0v) is 9.95. The van der Waals surface area contributed by atoms with Gasteiger partial charge in [0.05, 0.1) is 6.61 Å². The third-order valence-electron chi connectivity index (χ3n) is 2.95. The smallest absolute Gasteiger partial charge is 0.253 e. The highest BCUT2D eigenvalue weighted by atomic mass is 16.5. The van der Waals surface area contributed by atoms with Crippen LogP contribution in [-0.2, 0) is 9.53 Å². The molecule has 1 saturated heterocycles. The largest absolute Gasteiger partial charge is 0.366 e. The maximum atomic E-state index is 12.1. The van der Waals surface area contributed by atoms with Crippen molar-refractivity contribution in [1.29, 1.82) is 0 Å². The number of amides is 1. The number of carbonyl (C=O) groups excluding carboxylic acids is 1. The fourth-order valence-corrected chi connectivity index (χ4v) is 1.81. The van der Waals surface area contributed by atoms with Crippen molar-refractivity contribution >= 4 is 5.91 Å². The molecular formula is C11H22N2O2. The standard InChI is InChI=1S/C11H22N2O2/c1-4-9(3)13(5-2)11(14)10-8-12-6-7-15-10/h9-10,12H,4-8H2,1-3H3. The van der Waals surface area contributed by atoms with E-state index in [0.29, 0.717) is 19.2 Å². The van der Waals surface area contributed by atoms with E-state index in [1.165, 1.54) is 0 Å². The molecule has 15 heavy (non-hydrogen) atoms. The molecule has 1 N–H and O–H groups in total. The van der Waals surface area contributed by atoms with Crippen molar-refractivity contribution in [2.75, 3.05) is 26.2 Å². The Labute approximate surface area is 92.0 Å². The number of nitrogens with zero attached hydrogens (tertiary/aromatic N) is 1. The van der Waals surface area contributed by atoms with Gasteiger partial charge in [-0.3, -0.25) is 4.79 Å². The second-order valence-corrected chi connectivity index (χ2v) is 3.95. The summed E-state index contributed by atoms with van der Waals surface area (Å²) < 4.78 is 5.46. The van der Waals surface area contributed by atoms with Crippen molar-refractivity contribution in [1.82, 2.24) is 10.2 Å². The highest BCUT2D eigenvalue weighted by molar-refractivity contribution is 5.81. The lowest BCUT2D eigenvalue weighted by Gasteiger charge is -2.32. The Hall–Kier alpha value is -0.610. The van der Waals surface area contributed by atoms with Gasteiger partial charge in [-0.05, 0) is 20.3 Å². The molecule has 2 atom stereocenters. The molecule has 0 radical (unpaired) electrons. The van der Waals surface area contributed by atoms with Crippen molar-refractivity contribution in [3.8, 4) is 0 Å². The Morgan fingerprint density at radius 1 is 1.60 bits per heavy atom. The van der Waals surface area contributed by atoms with Gasteiger partial charge in [-0.2, -0.15) is 0 Å². The van der Waals surface area contributed by atoms with Gasteiger partial charge in [0.25, 0.3) is 5.91 Å². The summed E-state index contributed by atoms with van der Waals surface area (Å²) in [7, 11) is 0. The Kier molecular flexibility index (Phi) is 5.05. The van der Waals surface area contributed by atoms with Gasteiger partial charge in [-0.25, -0.2) is 0 Å². The fraction of sp³-hybridized carbons (Fsp3) is 0.909. The molecule has 4 heteroatoms. The average molecular weight is 214 g/mol. The van der Waals surface area contributed by atoms with Gasteiger partial charge in [0.15, 0.2) is 0 Å². The molecule has 1 amide bonds. The normalized spacial score (nSPS) is 23.5. The summed E-state index contributed by atoms with van der Waals surface area (Å²) in [6, 6.07) is 0.299. The van der Waals surface area contributed by atoms with Crippen LogP contribution in [0.25, 0.3) is 0 Å². The summed E-state index contributed by atoms with van der Waals surface area (Å²) in [5, 5.41) is 3.18. The maximum absolute atomic E-state index is 12.1. The summed E-state index contributed by atoms with van der Waals surface area (Å²) >= 11 is 0. The summed E-state index contributed by atoms with van der Waals surface area (Å²) in [5.74, 6) is 0.124. The van der Waals surface area contributed by atoms with Gasteiger partial charge in [0, 0.05) is 25.7 Å². The second kappa shape index (κ2) is 6.08. The first-order valence-electron chi connectivity index (χ1n) is 5.83. The Bertz CT molecular complexity index is 203. The maximum Gasteiger partial charge on any atom is 0.253 e. The van der Waals surface area contributed by atoms with Crippen molar-refractivity contribution in [2.24, 2.45) is 0 Å². The van der Waals surface area contributed by atoms with E-state index < -0.39 is 0 Å². The minimum atomic E-state index is -0.285. The van der Waals surface area contributed by atoms with Gasteiger partial charge in [0.2, 0.25) is 0 Å². The molecule has 88 valence electrons. The van der Waals surface area contributed by atoms with Gasteiger partial charge in [0.1, 0.15) is 6.10 Å². The molecule has 0 aromatic rings. The van der Waals surface area contributed by atoms with E-state index in [2.05, 4.69) is 19.2 Å². The molecule has 1 fully saturated rings. The summed E-state index contributed by atoms with van der Waals surface area (Å²) in [6.07, 6.45) is 0.701. The van der Waals surface area contributed by atoms with Crippen molar-refractivity contribution in [3.05, 3.63) is 0 Å². The van der Waals surface area contributed by atoms with Gasteiger partial charge in [-0.1, -0.05) is 6.92 Å². The van der Waals surface area contributed by atoms with Crippen LogP contribution >= 0.6 is 0 Å². The van der Waals surface area contributed by atoms with Crippen LogP contribution in [0.15, 0.2) is 0 Å². The molecule has 0 aromatic carbocycles. The predicted octanol–water partition coefficient (Wildman–Crippen LogP) is 0.622. The number of ether oxygens (including phenoxy) is 1. The van der Waals surface area contributed by atoms with E-state index in [1.54, 1.807) is 0 Å². The van der Waals surface area contributed by atoms with E-state index in [1.807, 2.05) is 11.8 Å². The summed E-state index contributed by atoms with van der Waals surface area (Å²) in [5.41, 5.74) is 0. The van der Waals surface area contributed by atoms with Crippen LogP contribution in [0.5, 0.6) is 0 Å². The molecule has 2 unspecified atom stereocenters. The monoisotopic (exact) mass is 214 g/mol. The molecule has 1 heterocycles. The lowest BCUT2D eigenvalue weighted by Crippen LogP contribution is -2.51. The number of likely N-dealkylation sites (N-methyl/N-ethyl adjacent to an activating group) is 1. The minimum absolute atomic E-state index is 0.124. The van der Waals surface area contributed by atoms with Crippen LogP contribution in [0.1, 0.15) is 27.2 Å². The molecule has 0 bridgehead atoms. The first kappa shape index (κ1) is 12.5. The number of hydrogen-bond donors (Lipinski definition) is 1. The van der Waals surface area contributed by atoms with Crippen LogP contribution < -0.4 is 5.32 Å². The van der Waals surface area contributed by atoms with Gasteiger partial charge >= 0.3 is 0 Å². The highest BCUT2D eigenvalue weighted by Gasteiger charge is 2.27. The quantitative estimate of drug-likeness (QED) is 0.746. The molecule has 0 aliphatic carbocycles. The highest BCUT2D eigenvalue weighted by Crippen LogP contribution is 2.08. The Morgan fingerprint density at radius 3 is 2.80 bits per heavy atom. The zero-order valence-electron chi connectivity index (χ0n) is 9.95. The Balaban J connectivity index is 2.54.